The van der Waals surface area contributed by atoms with Gasteiger partial charge in [-0.2, -0.15) is 0 Å². The Hall–Kier alpha value is -3.74. The number of carbonyl (C=O) groups excluding carboxylic acids is 2. The van der Waals surface area contributed by atoms with Crippen LogP contribution in [-0.4, -0.2) is 54.4 Å². The first-order valence-electron chi connectivity index (χ1n) is 16.4. The number of halogens is 2. The minimum absolute atomic E-state index is 0.0136. The van der Waals surface area contributed by atoms with Gasteiger partial charge in [-0.1, -0.05) is 72.2 Å². The highest BCUT2D eigenvalue weighted by molar-refractivity contribution is 5.95. The molecule has 0 radical (unpaired) electrons. The summed E-state index contributed by atoms with van der Waals surface area (Å²) in [5.74, 6) is 0.301. The Balaban J connectivity index is 1.38. The van der Waals surface area contributed by atoms with Gasteiger partial charge in [0, 0.05) is 54.7 Å². The van der Waals surface area contributed by atoms with Crippen molar-refractivity contribution in [3.63, 3.8) is 0 Å². The number of hydrogen-bond donors (Lipinski definition) is 0. The molecule has 1 atom stereocenters. The number of amides is 2. The van der Waals surface area contributed by atoms with Crippen molar-refractivity contribution >= 4 is 11.8 Å². The third-order valence-corrected chi connectivity index (χ3v) is 9.07. The monoisotopic (exact) mass is 632 g/mol. The Morgan fingerprint density at radius 1 is 0.826 bits per heavy atom. The first kappa shape index (κ1) is 35.1. The van der Waals surface area contributed by atoms with Gasteiger partial charge in [-0.25, -0.2) is 8.78 Å². The molecule has 7 heteroatoms. The molecular formula is C39H50F2N2O3. The molecule has 3 aromatic rings. The predicted octanol–water partition coefficient (Wildman–Crippen LogP) is 8.63. The van der Waals surface area contributed by atoms with Crippen LogP contribution in [-0.2, 0) is 15.6 Å². The second-order valence-electron chi connectivity index (χ2n) is 14.7. The van der Waals surface area contributed by atoms with Crippen LogP contribution in [0.1, 0.15) is 113 Å². The SMILES string of the molecule is COc1c(C(C)(C)C)cc(C(=O)N2CCN(C(=O)CCCCC(c3ccc(F)cc3)c3ccc(F)cc3)[C@@H](C)C2)cc1C(C)(C)C. The van der Waals surface area contributed by atoms with Gasteiger partial charge in [-0.05, 0) is 78.1 Å². The molecule has 0 aliphatic carbocycles. The van der Waals surface area contributed by atoms with E-state index in [9.17, 15) is 18.4 Å². The molecular weight excluding hydrogens is 582 g/mol. The van der Waals surface area contributed by atoms with Crippen molar-refractivity contribution in [2.75, 3.05) is 26.7 Å². The summed E-state index contributed by atoms with van der Waals surface area (Å²) in [7, 11) is 1.69. The molecule has 2 amide bonds. The van der Waals surface area contributed by atoms with E-state index in [4.69, 9.17) is 4.74 Å². The van der Waals surface area contributed by atoms with Gasteiger partial charge < -0.3 is 14.5 Å². The summed E-state index contributed by atoms with van der Waals surface area (Å²) in [6.45, 7) is 16.2. The average Bonchev–Trinajstić information content (AvgIpc) is 3.00. The molecule has 1 fully saturated rings. The molecule has 1 aliphatic rings. The molecule has 0 spiro atoms. The maximum absolute atomic E-state index is 13.9. The fourth-order valence-corrected chi connectivity index (χ4v) is 6.47. The molecule has 0 N–H and O–H groups in total. The van der Waals surface area contributed by atoms with Crippen LogP contribution in [0.25, 0.3) is 0 Å². The summed E-state index contributed by atoms with van der Waals surface area (Å²) in [5, 5.41) is 0. The third kappa shape index (κ3) is 8.34. The summed E-state index contributed by atoms with van der Waals surface area (Å²) in [5.41, 5.74) is 4.18. The van der Waals surface area contributed by atoms with Crippen molar-refractivity contribution in [1.82, 2.24) is 9.80 Å². The van der Waals surface area contributed by atoms with E-state index < -0.39 is 0 Å². The summed E-state index contributed by atoms with van der Waals surface area (Å²) in [6.07, 6.45) is 2.68. The van der Waals surface area contributed by atoms with Crippen LogP contribution >= 0.6 is 0 Å². The molecule has 0 aromatic heterocycles. The molecule has 0 unspecified atom stereocenters. The zero-order chi connectivity index (χ0) is 33.8. The van der Waals surface area contributed by atoms with E-state index in [-0.39, 0.29) is 46.2 Å². The molecule has 0 saturated carbocycles. The van der Waals surface area contributed by atoms with E-state index in [1.165, 1.54) is 24.3 Å². The molecule has 1 heterocycles. The summed E-state index contributed by atoms with van der Waals surface area (Å²) in [6, 6.07) is 16.7. The number of unbranched alkanes of at least 4 members (excludes halogenated alkanes) is 1. The Labute approximate surface area is 273 Å². The van der Waals surface area contributed by atoms with E-state index in [1.54, 1.807) is 31.4 Å². The summed E-state index contributed by atoms with van der Waals surface area (Å²) in [4.78, 5) is 31.0. The van der Waals surface area contributed by atoms with Gasteiger partial charge in [0.2, 0.25) is 5.91 Å². The molecule has 5 nitrogen and oxygen atoms in total. The number of nitrogens with zero attached hydrogens (tertiary/aromatic N) is 2. The zero-order valence-electron chi connectivity index (χ0n) is 28.8. The maximum Gasteiger partial charge on any atom is 0.254 e. The quantitative estimate of drug-likeness (QED) is 0.222. The van der Waals surface area contributed by atoms with E-state index in [2.05, 4.69) is 41.5 Å². The Bertz CT molecular complexity index is 1420. The van der Waals surface area contributed by atoms with Gasteiger partial charge in [0.05, 0.1) is 7.11 Å². The number of rotatable bonds is 9. The minimum Gasteiger partial charge on any atom is -0.496 e. The topological polar surface area (TPSA) is 49.9 Å². The van der Waals surface area contributed by atoms with E-state index in [1.807, 2.05) is 28.9 Å². The van der Waals surface area contributed by atoms with E-state index in [0.717, 1.165) is 40.8 Å². The van der Waals surface area contributed by atoms with Gasteiger partial charge in [-0.3, -0.25) is 9.59 Å². The molecule has 1 aliphatic heterocycles. The van der Waals surface area contributed by atoms with Crippen LogP contribution in [0.15, 0.2) is 60.7 Å². The van der Waals surface area contributed by atoms with Crippen LogP contribution in [0.4, 0.5) is 8.78 Å². The number of carbonyl (C=O) groups is 2. The number of benzene rings is 3. The number of methoxy groups -OCH3 is 1. The lowest BCUT2D eigenvalue weighted by molar-refractivity contribution is -0.135. The van der Waals surface area contributed by atoms with Gasteiger partial charge in [-0.15, -0.1) is 0 Å². The fourth-order valence-electron chi connectivity index (χ4n) is 6.47. The van der Waals surface area contributed by atoms with Gasteiger partial charge in [0.25, 0.3) is 5.91 Å². The van der Waals surface area contributed by atoms with Crippen molar-refractivity contribution in [3.8, 4) is 5.75 Å². The van der Waals surface area contributed by atoms with Gasteiger partial charge in [0.15, 0.2) is 0 Å². The maximum atomic E-state index is 13.9. The molecule has 1 saturated heterocycles. The van der Waals surface area contributed by atoms with Crippen LogP contribution in [0, 0.1) is 11.6 Å². The molecule has 46 heavy (non-hydrogen) atoms. The number of hydrogen-bond acceptors (Lipinski definition) is 3. The molecule has 4 rings (SSSR count). The minimum atomic E-state index is -0.295. The average molecular weight is 633 g/mol. The Kier molecular flexibility index (Phi) is 11.0. The first-order valence-corrected chi connectivity index (χ1v) is 16.4. The Morgan fingerprint density at radius 2 is 1.33 bits per heavy atom. The van der Waals surface area contributed by atoms with E-state index >= 15 is 0 Å². The van der Waals surface area contributed by atoms with Crippen LogP contribution in [0.5, 0.6) is 5.75 Å². The number of ether oxygens (including phenoxy) is 1. The lowest BCUT2D eigenvalue weighted by Crippen LogP contribution is -2.55. The number of piperazine rings is 1. The zero-order valence-corrected chi connectivity index (χ0v) is 28.8. The smallest absolute Gasteiger partial charge is 0.254 e. The summed E-state index contributed by atoms with van der Waals surface area (Å²) >= 11 is 0. The van der Waals surface area contributed by atoms with Gasteiger partial charge >= 0.3 is 0 Å². The van der Waals surface area contributed by atoms with Crippen LogP contribution < -0.4 is 4.74 Å². The van der Waals surface area contributed by atoms with Crippen molar-refractivity contribution in [1.29, 1.82) is 0 Å². The first-order chi connectivity index (χ1) is 21.6. The highest BCUT2D eigenvalue weighted by Gasteiger charge is 2.33. The lowest BCUT2D eigenvalue weighted by atomic mass is 9.78. The van der Waals surface area contributed by atoms with Crippen LogP contribution in [0.2, 0.25) is 0 Å². The summed E-state index contributed by atoms with van der Waals surface area (Å²) < 4.78 is 33.1. The lowest BCUT2D eigenvalue weighted by Gasteiger charge is -2.40. The van der Waals surface area contributed by atoms with Crippen molar-refractivity contribution in [3.05, 3.63) is 100 Å². The predicted molar refractivity (Wildman–Crippen MR) is 181 cm³/mol. The van der Waals surface area contributed by atoms with Crippen molar-refractivity contribution in [2.24, 2.45) is 0 Å². The van der Waals surface area contributed by atoms with Crippen molar-refractivity contribution < 1.29 is 23.1 Å². The second-order valence-corrected chi connectivity index (χ2v) is 14.7. The highest BCUT2D eigenvalue weighted by atomic mass is 19.1. The van der Waals surface area contributed by atoms with Crippen LogP contribution in [0.3, 0.4) is 0 Å². The normalized spacial score (nSPS) is 15.8. The third-order valence-electron chi connectivity index (χ3n) is 9.07. The fraction of sp³-hybridized carbons (Fsp3) is 0.487. The second kappa shape index (κ2) is 14.4. The molecule has 3 aromatic carbocycles. The molecule has 0 bridgehead atoms. The highest BCUT2D eigenvalue weighted by Crippen LogP contribution is 2.41. The molecule has 248 valence electrons. The Morgan fingerprint density at radius 3 is 1.76 bits per heavy atom. The standard InChI is InChI=1S/C39H50F2N2O3/c1-26-25-42(37(45)29-23-33(38(2,3)4)36(46-8)34(24-29)39(5,6)7)21-22-43(26)35(44)12-10-9-11-32(27-13-17-30(40)18-14-27)28-15-19-31(41)20-16-28/h13-20,23-24,26,32H,9-12,21-22,25H2,1-8H3/t26-/m0/s1. The van der Waals surface area contributed by atoms with Gasteiger partial charge in [0.1, 0.15) is 17.4 Å². The van der Waals surface area contributed by atoms with E-state index in [0.29, 0.717) is 38.0 Å². The largest absolute Gasteiger partial charge is 0.496 e. The van der Waals surface area contributed by atoms with Crippen molar-refractivity contribution in [2.45, 2.75) is 96.9 Å².